The molecule has 6 nitrogen and oxygen atoms in total. The monoisotopic (exact) mass is 406 g/mol. The van der Waals surface area contributed by atoms with E-state index in [1.54, 1.807) is 23.3 Å². The Balaban J connectivity index is 1.33. The topological polar surface area (TPSA) is 75.7 Å². The Hall–Kier alpha value is -3.28. The molecule has 1 aliphatic heterocycles. The Morgan fingerprint density at radius 3 is 2.70 bits per heavy atom. The summed E-state index contributed by atoms with van der Waals surface area (Å²) in [4.78, 5) is 26.9. The number of rotatable bonds is 6. The van der Waals surface area contributed by atoms with E-state index in [-0.39, 0.29) is 17.7 Å². The van der Waals surface area contributed by atoms with Gasteiger partial charge in [-0.05, 0) is 37.1 Å². The number of para-hydroxylation sites is 1. The number of amides is 2. The van der Waals surface area contributed by atoms with Crippen molar-refractivity contribution in [3.8, 4) is 0 Å². The Labute approximate surface area is 175 Å². The fraction of sp³-hybridized carbons (Fsp3) is 0.333. The Morgan fingerprint density at radius 2 is 1.97 bits per heavy atom. The fourth-order valence-corrected chi connectivity index (χ4v) is 3.92. The van der Waals surface area contributed by atoms with Gasteiger partial charge in [-0.3, -0.25) is 9.59 Å². The van der Waals surface area contributed by atoms with E-state index >= 15 is 0 Å². The second-order valence-electron chi connectivity index (χ2n) is 7.52. The summed E-state index contributed by atoms with van der Waals surface area (Å²) in [5.74, 6) is 1.53. The third kappa shape index (κ3) is 4.32. The molecule has 2 amide bonds. The number of carbonyl (C=O) groups is 2. The number of benzene rings is 1. The summed E-state index contributed by atoms with van der Waals surface area (Å²) in [5.41, 5.74) is 1.80. The number of likely N-dealkylation sites (tertiary alicyclic amines) is 1. The molecule has 0 spiro atoms. The third-order valence-corrected chi connectivity index (χ3v) is 5.62. The van der Waals surface area contributed by atoms with Gasteiger partial charge >= 0.3 is 0 Å². The molecule has 30 heavy (non-hydrogen) atoms. The van der Waals surface area contributed by atoms with Crippen molar-refractivity contribution in [3.63, 3.8) is 0 Å². The molecule has 0 radical (unpaired) electrons. The number of aryl methyl sites for hydroxylation is 1. The lowest BCUT2D eigenvalue weighted by Gasteiger charge is -2.30. The smallest absolute Gasteiger partial charge is 0.246 e. The van der Waals surface area contributed by atoms with Gasteiger partial charge in [0.2, 0.25) is 11.8 Å². The lowest BCUT2D eigenvalue weighted by atomic mass is 9.95. The van der Waals surface area contributed by atoms with Gasteiger partial charge in [0.1, 0.15) is 17.1 Å². The molecule has 1 N–H and O–H groups in total. The molecular weight excluding hydrogens is 380 g/mol. The van der Waals surface area contributed by atoms with Crippen LogP contribution in [0.25, 0.3) is 17.0 Å². The second-order valence-corrected chi connectivity index (χ2v) is 7.52. The number of hydrogen-bond donors (Lipinski definition) is 1. The van der Waals surface area contributed by atoms with Gasteiger partial charge in [-0.2, -0.15) is 0 Å². The van der Waals surface area contributed by atoms with Crippen molar-refractivity contribution in [2.24, 2.45) is 5.92 Å². The molecule has 0 saturated carbocycles. The first-order valence-electron chi connectivity index (χ1n) is 10.4. The number of fused-ring (bicyclic) bond motifs is 1. The van der Waals surface area contributed by atoms with Crippen LogP contribution in [0.3, 0.4) is 0 Å². The van der Waals surface area contributed by atoms with E-state index in [1.165, 1.54) is 0 Å². The molecule has 156 valence electrons. The van der Waals surface area contributed by atoms with Crippen molar-refractivity contribution in [3.05, 3.63) is 65.8 Å². The summed E-state index contributed by atoms with van der Waals surface area (Å²) in [7, 11) is 0. The molecule has 2 aromatic heterocycles. The molecule has 0 aliphatic carbocycles. The standard InChI is InChI=1S/C24H26N2O4/c1-2-21-20(19-7-3-4-8-22(19)30-21)9-10-23(27)26-13-11-17(12-14-26)24(28)25-16-18-6-5-15-29-18/h3-10,15,17H,2,11-14,16H2,1H3,(H,25,28)/b10-9+. The van der Waals surface area contributed by atoms with Gasteiger partial charge in [0.05, 0.1) is 12.8 Å². The van der Waals surface area contributed by atoms with Gasteiger partial charge in [-0.15, -0.1) is 0 Å². The first kappa shape index (κ1) is 20.0. The zero-order chi connectivity index (χ0) is 20.9. The van der Waals surface area contributed by atoms with E-state index in [0.717, 1.165) is 34.5 Å². The van der Waals surface area contributed by atoms with Crippen molar-refractivity contribution in [2.75, 3.05) is 13.1 Å². The molecule has 1 aromatic carbocycles. The van der Waals surface area contributed by atoms with E-state index < -0.39 is 0 Å². The van der Waals surface area contributed by atoms with Gasteiger partial charge in [0, 0.05) is 42.5 Å². The van der Waals surface area contributed by atoms with Crippen LogP contribution in [0.1, 0.15) is 36.8 Å². The lowest BCUT2D eigenvalue weighted by molar-refractivity contribution is -0.132. The molecular formula is C24H26N2O4. The van der Waals surface area contributed by atoms with Gasteiger partial charge in [0.15, 0.2) is 0 Å². The van der Waals surface area contributed by atoms with Crippen molar-refractivity contribution in [1.29, 1.82) is 0 Å². The highest BCUT2D eigenvalue weighted by Gasteiger charge is 2.26. The van der Waals surface area contributed by atoms with Crippen molar-refractivity contribution >= 4 is 28.9 Å². The van der Waals surface area contributed by atoms with Gasteiger partial charge in [-0.1, -0.05) is 25.1 Å². The molecule has 1 aliphatic rings. The number of furan rings is 2. The van der Waals surface area contributed by atoms with Crippen molar-refractivity contribution in [2.45, 2.75) is 32.7 Å². The van der Waals surface area contributed by atoms with E-state index in [9.17, 15) is 9.59 Å². The Bertz CT molecular complexity index is 1040. The van der Waals surface area contributed by atoms with Crippen LogP contribution >= 0.6 is 0 Å². The maximum Gasteiger partial charge on any atom is 0.246 e. The average molecular weight is 406 g/mol. The van der Waals surface area contributed by atoms with E-state index in [2.05, 4.69) is 5.32 Å². The molecule has 0 unspecified atom stereocenters. The van der Waals surface area contributed by atoms with E-state index in [0.29, 0.717) is 32.5 Å². The molecule has 0 bridgehead atoms. The van der Waals surface area contributed by atoms with E-state index in [1.807, 2.05) is 43.3 Å². The maximum absolute atomic E-state index is 12.7. The van der Waals surface area contributed by atoms with Crippen LogP contribution in [0.2, 0.25) is 0 Å². The van der Waals surface area contributed by atoms with Crippen molar-refractivity contribution < 1.29 is 18.4 Å². The normalized spacial score (nSPS) is 15.2. The molecule has 3 aromatic rings. The summed E-state index contributed by atoms with van der Waals surface area (Å²) in [6.45, 7) is 3.59. The van der Waals surface area contributed by atoms with Crippen LogP contribution in [0, 0.1) is 5.92 Å². The highest BCUT2D eigenvalue weighted by atomic mass is 16.3. The van der Waals surface area contributed by atoms with Crippen LogP contribution < -0.4 is 5.32 Å². The Morgan fingerprint density at radius 1 is 1.17 bits per heavy atom. The number of nitrogens with zero attached hydrogens (tertiary/aromatic N) is 1. The molecule has 1 fully saturated rings. The van der Waals surface area contributed by atoms with Crippen LogP contribution in [0.15, 0.2) is 57.6 Å². The minimum Gasteiger partial charge on any atom is -0.467 e. The zero-order valence-electron chi connectivity index (χ0n) is 17.1. The second kappa shape index (κ2) is 9.03. The predicted molar refractivity (Wildman–Crippen MR) is 114 cm³/mol. The number of carbonyl (C=O) groups excluding carboxylic acids is 2. The molecule has 1 saturated heterocycles. The fourth-order valence-electron chi connectivity index (χ4n) is 3.92. The van der Waals surface area contributed by atoms with Crippen molar-refractivity contribution in [1.82, 2.24) is 10.2 Å². The molecule has 4 rings (SSSR count). The minimum atomic E-state index is -0.0718. The first-order chi connectivity index (χ1) is 14.7. The maximum atomic E-state index is 12.7. The van der Waals surface area contributed by atoms with Crippen LogP contribution in [-0.2, 0) is 22.6 Å². The molecule has 6 heteroatoms. The van der Waals surface area contributed by atoms with Crippen LogP contribution in [0.5, 0.6) is 0 Å². The van der Waals surface area contributed by atoms with Crippen LogP contribution in [-0.4, -0.2) is 29.8 Å². The quantitative estimate of drug-likeness (QED) is 0.624. The minimum absolute atomic E-state index is 0.0199. The predicted octanol–water partition coefficient (Wildman–Crippen LogP) is 4.16. The number of hydrogen-bond acceptors (Lipinski definition) is 4. The third-order valence-electron chi connectivity index (χ3n) is 5.62. The van der Waals surface area contributed by atoms with Gasteiger partial charge in [0.25, 0.3) is 0 Å². The largest absolute Gasteiger partial charge is 0.467 e. The van der Waals surface area contributed by atoms with E-state index in [4.69, 9.17) is 8.83 Å². The first-order valence-corrected chi connectivity index (χ1v) is 10.4. The number of piperidine rings is 1. The summed E-state index contributed by atoms with van der Waals surface area (Å²) < 4.78 is 11.1. The molecule has 3 heterocycles. The van der Waals surface area contributed by atoms with Gasteiger partial charge < -0.3 is 19.1 Å². The Kier molecular flexibility index (Phi) is 6.02. The lowest BCUT2D eigenvalue weighted by Crippen LogP contribution is -2.42. The SMILES string of the molecule is CCc1oc2ccccc2c1/C=C/C(=O)N1CCC(C(=O)NCc2ccco2)CC1. The highest BCUT2D eigenvalue weighted by Crippen LogP contribution is 2.27. The summed E-state index contributed by atoms with van der Waals surface area (Å²) in [5, 5.41) is 3.93. The summed E-state index contributed by atoms with van der Waals surface area (Å²) in [6.07, 6.45) is 7.16. The summed E-state index contributed by atoms with van der Waals surface area (Å²) >= 11 is 0. The average Bonchev–Trinajstić information content (AvgIpc) is 3.43. The highest BCUT2D eigenvalue weighted by molar-refractivity contribution is 5.96. The molecule has 0 atom stereocenters. The number of nitrogens with one attached hydrogen (secondary N) is 1. The van der Waals surface area contributed by atoms with Gasteiger partial charge in [-0.25, -0.2) is 0 Å². The van der Waals surface area contributed by atoms with Crippen LogP contribution in [0.4, 0.5) is 0 Å². The summed E-state index contributed by atoms with van der Waals surface area (Å²) in [6, 6.07) is 11.5. The zero-order valence-corrected chi connectivity index (χ0v) is 17.1.